The largest absolute Gasteiger partial charge is 0.481 e. The minimum absolute atomic E-state index is 0.00267. The van der Waals surface area contributed by atoms with E-state index in [-0.39, 0.29) is 46.6 Å². The quantitative estimate of drug-likeness (QED) is 0.744. The Kier molecular flexibility index (Phi) is 3.34. The van der Waals surface area contributed by atoms with Crippen molar-refractivity contribution in [2.24, 2.45) is 22.7 Å². The highest BCUT2D eigenvalue weighted by molar-refractivity contribution is 5.92. The minimum atomic E-state index is -0.943. The topological polar surface area (TPSA) is 87.1 Å². The summed E-state index contributed by atoms with van der Waals surface area (Å²) >= 11 is 0. The number of ether oxygens (including phenoxy) is 1. The third kappa shape index (κ3) is 1.97. The summed E-state index contributed by atoms with van der Waals surface area (Å²) in [4.78, 5) is 23.1. The number of carbonyl (C=O) groups excluding carboxylic acids is 1. The Morgan fingerprint density at radius 1 is 1.33 bits per heavy atom. The summed E-state index contributed by atoms with van der Waals surface area (Å²) in [6, 6.07) is 0. The lowest BCUT2D eigenvalue weighted by atomic mass is 9.47. The highest BCUT2D eigenvalue weighted by Gasteiger charge is 2.79. The third-order valence-corrected chi connectivity index (χ3v) is 8.97. The number of aliphatic carboxylic acids is 1. The van der Waals surface area contributed by atoms with Gasteiger partial charge in [0.2, 0.25) is 0 Å². The fraction of sp³-hybridized carbons (Fsp3) is 0.727. The SMILES string of the molecule is C[C@]12CCC(=O)C=C1C=C[C@H]1[C@@H]3CC[C@](O)(CCC(=O)O)[C@@]3(C)C[C@H]3OC312. The number of hydrogen-bond acceptors (Lipinski definition) is 4. The van der Waals surface area contributed by atoms with E-state index >= 15 is 0 Å². The van der Waals surface area contributed by atoms with Crippen LogP contribution in [0.25, 0.3) is 0 Å². The second-order valence-electron chi connectivity index (χ2n) is 9.87. The van der Waals surface area contributed by atoms with Crippen molar-refractivity contribution in [1.82, 2.24) is 0 Å². The van der Waals surface area contributed by atoms with Gasteiger partial charge in [0.1, 0.15) is 5.60 Å². The van der Waals surface area contributed by atoms with Gasteiger partial charge in [0.15, 0.2) is 5.78 Å². The predicted octanol–water partition coefficient (Wildman–Crippen LogP) is 3.02. The number of carbonyl (C=O) groups is 2. The van der Waals surface area contributed by atoms with Crippen LogP contribution in [-0.4, -0.2) is 39.3 Å². The van der Waals surface area contributed by atoms with Gasteiger partial charge >= 0.3 is 5.97 Å². The highest BCUT2D eigenvalue weighted by Crippen LogP contribution is 2.75. The molecular weight excluding hydrogens is 344 g/mol. The molecule has 1 unspecified atom stereocenters. The van der Waals surface area contributed by atoms with E-state index in [1.165, 1.54) is 0 Å². The highest BCUT2D eigenvalue weighted by atomic mass is 16.6. The molecule has 0 aromatic carbocycles. The number of allylic oxidation sites excluding steroid dienone is 2. The maximum Gasteiger partial charge on any atom is 0.303 e. The smallest absolute Gasteiger partial charge is 0.303 e. The zero-order chi connectivity index (χ0) is 19.2. The monoisotopic (exact) mass is 372 g/mol. The van der Waals surface area contributed by atoms with Crippen LogP contribution < -0.4 is 0 Å². The first-order valence-electron chi connectivity index (χ1n) is 10.2. The number of carboxylic acid groups (broad SMARTS) is 1. The number of ketones is 1. The number of fused-ring (bicyclic) bond motifs is 3. The van der Waals surface area contributed by atoms with Crippen LogP contribution in [0.2, 0.25) is 0 Å². The molecule has 2 saturated carbocycles. The molecule has 0 aromatic heterocycles. The predicted molar refractivity (Wildman–Crippen MR) is 97.9 cm³/mol. The average Bonchev–Trinajstić information content (AvgIpc) is 3.26. The van der Waals surface area contributed by atoms with Gasteiger partial charge in [-0.25, -0.2) is 0 Å². The average molecular weight is 372 g/mol. The van der Waals surface area contributed by atoms with Crippen LogP contribution >= 0.6 is 0 Å². The Balaban J connectivity index is 1.54. The zero-order valence-electron chi connectivity index (χ0n) is 16.0. The van der Waals surface area contributed by atoms with E-state index in [1.54, 1.807) is 6.08 Å². The molecule has 5 nitrogen and oxygen atoms in total. The van der Waals surface area contributed by atoms with Crippen molar-refractivity contribution in [2.75, 3.05) is 0 Å². The molecule has 5 heteroatoms. The Hall–Kier alpha value is -1.46. The van der Waals surface area contributed by atoms with Crippen LogP contribution in [0.4, 0.5) is 0 Å². The summed E-state index contributed by atoms with van der Waals surface area (Å²) < 4.78 is 6.47. The lowest BCUT2D eigenvalue weighted by Gasteiger charge is -2.55. The molecule has 146 valence electrons. The Labute approximate surface area is 159 Å². The zero-order valence-corrected chi connectivity index (χ0v) is 16.0. The number of epoxide rings is 1. The van der Waals surface area contributed by atoms with Crippen LogP contribution in [0.5, 0.6) is 0 Å². The normalized spacial score (nSPS) is 52.3. The number of rotatable bonds is 3. The second kappa shape index (κ2) is 5.12. The number of aliphatic hydroxyl groups is 1. The summed E-state index contributed by atoms with van der Waals surface area (Å²) in [5.74, 6) is -0.156. The van der Waals surface area contributed by atoms with E-state index < -0.39 is 11.6 Å². The van der Waals surface area contributed by atoms with E-state index in [9.17, 15) is 14.7 Å². The molecule has 4 aliphatic carbocycles. The fourth-order valence-electron chi connectivity index (χ4n) is 7.27. The Morgan fingerprint density at radius 2 is 2.11 bits per heavy atom. The van der Waals surface area contributed by atoms with Crippen LogP contribution in [0.1, 0.15) is 58.8 Å². The summed E-state index contributed by atoms with van der Waals surface area (Å²) in [5, 5.41) is 20.6. The van der Waals surface area contributed by atoms with E-state index in [1.807, 2.05) is 0 Å². The fourth-order valence-corrected chi connectivity index (χ4v) is 7.27. The molecule has 1 saturated heterocycles. The summed E-state index contributed by atoms with van der Waals surface area (Å²) in [7, 11) is 0. The van der Waals surface area contributed by atoms with E-state index in [0.717, 1.165) is 24.8 Å². The summed E-state index contributed by atoms with van der Waals surface area (Å²) in [5.41, 5.74) is -0.573. The van der Waals surface area contributed by atoms with E-state index in [4.69, 9.17) is 9.84 Å². The first-order chi connectivity index (χ1) is 12.7. The molecule has 5 rings (SSSR count). The molecule has 1 heterocycles. The van der Waals surface area contributed by atoms with E-state index in [2.05, 4.69) is 26.0 Å². The molecule has 0 amide bonds. The van der Waals surface area contributed by atoms with Gasteiger partial charge in [-0.15, -0.1) is 0 Å². The standard InChI is InChI=1S/C22H28O5/c1-19-8-5-14(23)11-13(19)3-4-16-15-6-9-21(26,10-7-18(24)25)20(15,2)12-17-22(16,19)27-17/h3-4,11,15-17,26H,5-10,12H2,1-2H3,(H,24,25)/t15-,16-,17+,19-,20-,21-,22?/m0/s1. The first-order valence-corrected chi connectivity index (χ1v) is 10.2. The molecule has 0 aromatic rings. The van der Waals surface area contributed by atoms with Crippen LogP contribution in [0.3, 0.4) is 0 Å². The van der Waals surface area contributed by atoms with Crippen molar-refractivity contribution >= 4 is 11.8 Å². The van der Waals surface area contributed by atoms with Crippen molar-refractivity contribution in [3.63, 3.8) is 0 Å². The van der Waals surface area contributed by atoms with Gasteiger partial charge in [0.05, 0.1) is 11.7 Å². The van der Waals surface area contributed by atoms with Crippen LogP contribution in [0, 0.1) is 22.7 Å². The van der Waals surface area contributed by atoms with Crippen molar-refractivity contribution < 1.29 is 24.5 Å². The lowest BCUT2D eigenvalue weighted by Crippen LogP contribution is -2.58. The van der Waals surface area contributed by atoms with Crippen LogP contribution in [0.15, 0.2) is 23.8 Å². The molecule has 1 aliphatic heterocycles. The van der Waals surface area contributed by atoms with Crippen LogP contribution in [-0.2, 0) is 14.3 Å². The van der Waals surface area contributed by atoms with Gasteiger partial charge in [-0.3, -0.25) is 9.59 Å². The first kappa shape index (κ1) is 17.6. The van der Waals surface area contributed by atoms with Crippen molar-refractivity contribution in [1.29, 1.82) is 0 Å². The van der Waals surface area contributed by atoms with Crippen molar-refractivity contribution in [3.8, 4) is 0 Å². The molecule has 27 heavy (non-hydrogen) atoms. The molecule has 7 atom stereocenters. The maximum absolute atomic E-state index is 12.0. The van der Waals surface area contributed by atoms with Crippen molar-refractivity contribution in [2.45, 2.75) is 76.1 Å². The minimum Gasteiger partial charge on any atom is -0.481 e. The number of carboxylic acids is 1. The van der Waals surface area contributed by atoms with Crippen molar-refractivity contribution in [3.05, 3.63) is 23.8 Å². The van der Waals surface area contributed by atoms with Gasteiger partial charge in [-0.05, 0) is 49.7 Å². The molecule has 2 N–H and O–H groups in total. The summed E-state index contributed by atoms with van der Waals surface area (Å²) in [6.45, 7) is 4.39. The Bertz CT molecular complexity index is 799. The maximum atomic E-state index is 12.0. The Morgan fingerprint density at radius 3 is 2.85 bits per heavy atom. The third-order valence-electron chi connectivity index (χ3n) is 8.97. The molecule has 3 fully saturated rings. The summed E-state index contributed by atoms with van der Waals surface area (Å²) in [6.07, 6.45) is 10.2. The van der Waals surface area contributed by atoms with Gasteiger partial charge in [0.25, 0.3) is 0 Å². The molecule has 0 bridgehead atoms. The molecule has 1 spiro atoms. The van der Waals surface area contributed by atoms with E-state index in [0.29, 0.717) is 19.3 Å². The van der Waals surface area contributed by atoms with Gasteiger partial charge in [-0.2, -0.15) is 0 Å². The number of hydrogen-bond donors (Lipinski definition) is 2. The molecule has 0 radical (unpaired) electrons. The molecular formula is C22H28O5. The molecule has 5 aliphatic rings. The van der Waals surface area contributed by atoms with Gasteiger partial charge < -0.3 is 14.9 Å². The lowest BCUT2D eigenvalue weighted by molar-refractivity contribution is -0.142. The second-order valence-corrected chi connectivity index (χ2v) is 9.87. The van der Waals surface area contributed by atoms with Gasteiger partial charge in [-0.1, -0.05) is 26.0 Å². The van der Waals surface area contributed by atoms with Gasteiger partial charge in [0, 0.05) is 29.6 Å².